The molecule has 0 aromatic heterocycles. The third kappa shape index (κ3) is 2.44. The molecule has 7 heteroatoms. The highest BCUT2D eigenvalue weighted by Crippen LogP contribution is 2.40. The molecule has 1 atom stereocenters. The van der Waals surface area contributed by atoms with Crippen molar-refractivity contribution in [3.05, 3.63) is 52.5 Å². The van der Waals surface area contributed by atoms with Crippen molar-refractivity contribution in [1.29, 1.82) is 5.26 Å². The Labute approximate surface area is 132 Å². The minimum Gasteiger partial charge on any atom is -0.456 e. The zero-order valence-corrected chi connectivity index (χ0v) is 12.7. The first kappa shape index (κ1) is 14.9. The van der Waals surface area contributed by atoms with Crippen LogP contribution >= 0.6 is 11.6 Å². The van der Waals surface area contributed by atoms with Crippen molar-refractivity contribution in [1.82, 2.24) is 0 Å². The van der Waals surface area contributed by atoms with Crippen LogP contribution < -0.4 is 4.74 Å². The monoisotopic (exact) mass is 335 g/mol. The molecule has 0 bridgehead atoms. The molecule has 0 saturated carbocycles. The van der Waals surface area contributed by atoms with E-state index in [1.807, 2.05) is 6.07 Å². The summed E-state index contributed by atoms with van der Waals surface area (Å²) in [6.45, 7) is 0. The third-order valence-corrected chi connectivity index (χ3v) is 5.36. The predicted octanol–water partition coefficient (Wildman–Crippen LogP) is 2.82. The minimum absolute atomic E-state index is 0.0185. The average molecular weight is 336 g/mol. The number of ether oxygens (including phenoxy) is 1. The first-order chi connectivity index (χ1) is 10.4. The Kier molecular flexibility index (Phi) is 3.57. The molecule has 0 fully saturated rings. The Bertz CT molecular complexity index is 902. The lowest BCUT2D eigenvalue weighted by Crippen LogP contribution is -2.02. The maximum Gasteiger partial charge on any atom is 0.181 e. The molecule has 0 spiro atoms. The van der Waals surface area contributed by atoms with Crippen LogP contribution in [0.5, 0.6) is 11.5 Å². The van der Waals surface area contributed by atoms with Gasteiger partial charge in [0.2, 0.25) is 0 Å². The van der Waals surface area contributed by atoms with Crippen molar-refractivity contribution >= 4 is 21.4 Å². The van der Waals surface area contributed by atoms with E-state index in [0.717, 1.165) is 0 Å². The van der Waals surface area contributed by atoms with Gasteiger partial charge in [0.15, 0.2) is 9.84 Å². The smallest absolute Gasteiger partial charge is 0.181 e. The summed E-state index contributed by atoms with van der Waals surface area (Å²) in [5.41, 5.74) is 0.119. The summed E-state index contributed by atoms with van der Waals surface area (Å²) in [5.74, 6) is 0.177. The van der Waals surface area contributed by atoms with Crippen molar-refractivity contribution in [2.75, 3.05) is 5.75 Å². The van der Waals surface area contributed by atoms with Gasteiger partial charge in [-0.15, -0.1) is 0 Å². The Morgan fingerprint density at radius 2 is 2.09 bits per heavy atom. The van der Waals surface area contributed by atoms with Gasteiger partial charge in [0.1, 0.15) is 23.1 Å². The number of halogens is 1. The van der Waals surface area contributed by atoms with Crippen LogP contribution in [-0.4, -0.2) is 19.3 Å². The maximum atomic E-state index is 11.9. The van der Waals surface area contributed by atoms with Gasteiger partial charge in [-0.3, -0.25) is 0 Å². The lowest BCUT2D eigenvalue weighted by Gasteiger charge is -2.11. The number of sulfone groups is 1. The molecule has 1 aliphatic heterocycles. The van der Waals surface area contributed by atoms with E-state index in [1.165, 1.54) is 12.1 Å². The summed E-state index contributed by atoms with van der Waals surface area (Å²) in [4.78, 5) is -0.0185. The quantitative estimate of drug-likeness (QED) is 0.911. The molecule has 0 unspecified atom stereocenters. The highest BCUT2D eigenvalue weighted by atomic mass is 35.5. The van der Waals surface area contributed by atoms with Crippen LogP contribution in [0.1, 0.15) is 17.2 Å². The second-order valence-corrected chi connectivity index (χ2v) is 7.26. The van der Waals surface area contributed by atoms with Gasteiger partial charge in [-0.25, -0.2) is 8.42 Å². The fourth-order valence-electron chi connectivity index (χ4n) is 2.42. The molecule has 0 aliphatic carbocycles. The number of hydrogen-bond donors (Lipinski definition) is 1. The molecule has 5 nitrogen and oxygen atoms in total. The second kappa shape index (κ2) is 5.29. The number of aliphatic hydroxyl groups excluding tert-OH is 1. The van der Waals surface area contributed by atoms with Gasteiger partial charge < -0.3 is 9.84 Å². The SMILES string of the molecule is N#Cc1c(Oc2cccc(Cl)c2)ccc2c1[C@@H](O)CS2(=O)=O. The van der Waals surface area contributed by atoms with E-state index in [4.69, 9.17) is 16.3 Å². The van der Waals surface area contributed by atoms with E-state index in [0.29, 0.717) is 10.8 Å². The van der Waals surface area contributed by atoms with E-state index in [9.17, 15) is 18.8 Å². The van der Waals surface area contributed by atoms with Crippen LogP contribution in [0.15, 0.2) is 41.3 Å². The second-order valence-electron chi connectivity index (χ2n) is 4.82. The number of rotatable bonds is 2. The summed E-state index contributed by atoms with van der Waals surface area (Å²) < 4.78 is 29.4. The molecule has 1 aliphatic rings. The summed E-state index contributed by atoms with van der Waals surface area (Å²) in [5, 5.41) is 19.8. The molecule has 2 aromatic carbocycles. The van der Waals surface area contributed by atoms with E-state index in [1.54, 1.807) is 24.3 Å². The zero-order chi connectivity index (χ0) is 15.9. The molecule has 2 aromatic rings. The Hall–Kier alpha value is -2.07. The number of aliphatic hydroxyl groups is 1. The number of nitrogens with zero attached hydrogens (tertiary/aromatic N) is 1. The molecule has 3 rings (SSSR count). The van der Waals surface area contributed by atoms with Crippen molar-refractivity contribution in [2.45, 2.75) is 11.0 Å². The number of hydrogen-bond acceptors (Lipinski definition) is 5. The van der Waals surface area contributed by atoms with Crippen LogP contribution in [0.3, 0.4) is 0 Å². The van der Waals surface area contributed by atoms with Crippen LogP contribution in [0.2, 0.25) is 5.02 Å². The van der Waals surface area contributed by atoms with E-state index in [2.05, 4.69) is 0 Å². The van der Waals surface area contributed by atoms with E-state index < -0.39 is 21.7 Å². The predicted molar refractivity (Wildman–Crippen MR) is 79.7 cm³/mol. The fourth-order valence-corrected chi connectivity index (χ4v) is 4.21. The summed E-state index contributed by atoms with van der Waals surface area (Å²) >= 11 is 5.87. The summed E-state index contributed by atoms with van der Waals surface area (Å²) in [6, 6.07) is 11.3. The lowest BCUT2D eigenvalue weighted by atomic mass is 10.0. The van der Waals surface area contributed by atoms with Gasteiger partial charge in [-0.05, 0) is 30.3 Å². The number of benzene rings is 2. The van der Waals surface area contributed by atoms with Crippen LogP contribution in [-0.2, 0) is 9.84 Å². The van der Waals surface area contributed by atoms with Crippen LogP contribution in [0.4, 0.5) is 0 Å². The van der Waals surface area contributed by atoms with Crippen molar-refractivity contribution in [3.63, 3.8) is 0 Å². The maximum absolute atomic E-state index is 11.9. The molecule has 1 N–H and O–H groups in total. The van der Waals surface area contributed by atoms with E-state index >= 15 is 0 Å². The zero-order valence-electron chi connectivity index (χ0n) is 11.2. The Morgan fingerprint density at radius 1 is 1.32 bits per heavy atom. The van der Waals surface area contributed by atoms with Gasteiger partial charge in [-0.2, -0.15) is 5.26 Å². The number of fused-ring (bicyclic) bond motifs is 1. The average Bonchev–Trinajstić information content (AvgIpc) is 2.68. The summed E-state index contributed by atoms with van der Waals surface area (Å²) in [6.07, 6.45) is -1.22. The highest BCUT2D eigenvalue weighted by Gasteiger charge is 2.37. The molecular weight excluding hydrogens is 326 g/mol. The Balaban J connectivity index is 2.12. The fraction of sp³-hybridized carbons (Fsp3) is 0.133. The molecule has 0 saturated heterocycles. The largest absolute Gasteiger partial charge is 0.456 e. The van der Waals surface area contributed by atoms with Crippen molar-refractivity contribution in [3.8, 4) is 17.6 Å². The van der Waals surface area contributed by atoms with Crippen molar-refractivity contribution < 1.29 is 18.3 Å². The summed E-state index contributed by atoms with van der Waals surface area (Å²) in [7, 11) is -3.56. The van der Waals surface area contributed by atoms with Gasteiger partial charge >= 0.3 is 0 Å². The molecule has 0 amide bonds. The van der Waals surface area contributed by atoms with Crippen LogP contribution in [0.25, 0.3) is 0 Å². The first-order valence-electron chi connectivity index (χ1n) is 6.33. The normalized spacial score (nSPS) is 18.5. The lowest BCUT2D eigenvalue weighted by molar-refractivity contribution is 0.203. The standard InChI is InChI=1S/C15H10ClNO4S/c16-9-2-1-3-10(6-9)21-13-4-5-14-15(11(13)7-17)12(18)8-22(14,19)20/h1-6,12,18H,8H2/t12-/m0/s1. The van der Waals surface area contributed by atoms with Gasteiger partial charge in [0.25, 0.3) is 0 Å². The van der Waals surface area contributed by atoms with Gasteiger partial charge in [0, 0.05) is 10.6 Å². The molecule has 1 heterocycles. The van der Waals surface area contributed by atoms with E-state index in [-0.39, 0.29) is 21.8 Å². The minimum atomic E-state index is -3.56. The molecule has 22 heavy (non-hydrogen) atoms. The highest BCUT2D eigenvalue weighted by molar-refractivity contribution is 7.91. The van der Waals surface area contributed by atoms with Crippen molar-refractivity contribution in [2.24, 2.45) is 0 Å². The van der Waals surface area contributed by atoms with Gasteiger partial charge in [0.05, 0.1) is 16.8 Å². The molecule has 0 radical (unpaired) electrons. The number of nitriles is 1. The topological polar surface area (TPSA) is 87.4 Å². The molecular formula is C15H10ClNO4S. The third-order valence-electron chi connectivity index (χ3n) is 3.35. The Morgan fingerprint density at radius 3 is 2.77 bits per heavy atom. The van der Waals surface area contributed by atoms with Crippen LogP contribution in [0, 0.1) is 11.3 Å². The first-order valence-corrected chi connectivity index (χ1v) is 8.36. The molecule has 112 valence electrons. The van der Waals surface area contributed by atoms with Gasteiger partial charge in [-0.1, -0.05) is 17.7 Å².